The molecule has 1 amide bonds. The van der Waals surface area contributed by atoms with E-state index in [1.807, 2.05) is 31.3 Å². The molecular weight excluding hydrogens is 326 g/mol. The smallest absolute Gasteiger partial charge is 0.223 e. The van der Waals surface area contributed by atoms with Crippen molar-refractivity contribution in [3.8, 4) is 5.75 Å². The van der Waals surface area contributed by atoms with E-state index in [2.05, 4.69) is 15.5 Å². The molecule has 0 spiro atoms. The van der Waals surface area contributed by atoms with Gasteiger partial charge in [0.1, 0.15) is 5.75 Å². The van der Waals surface area contributed by atoms with Gasteiger partial charge in [0.25, 0.3) is 0 Å². The minimum Gasteiger partial charge on any atom is -0.494 e. The van der Waals surface area contributed by atoms with E-state index < -0.39 is 0 Å². The molecule has 1 heterocycles. The molecule has 0 bridgehead atoms. The van der Waals surface area contributed by atoms with Gasteiger partial charge in [-0.15, -0.1) is 0 Å². The lowest BCUT2D eigenvalue weighted by Crippen LogP contribution is -2.35. The highest BCUT2D eigenvalue weighted by molar-refractivity contribution is 6.30. The minimum absolute atomic E-state index is 0.0173. The largest absolute Gasteiger partial charge is 0.494 e. The van der Waals surface area contributed by atoms with Crippen molar-refractivity contribution in [1.82, 2.24) is 15.5 Å². The number of aromatic nitrogens is 2. The maximum atomic E-state index is 12.4. The predicted octanol–water partition coefficient (Wildman–Crippen LogP) is 2.93. The van der Waals surface area contributed by atoms with Gasteiger partial charge in [0.2, 0.25) is 5.91 Å². The monoisotopic (exact) mass is 347 g/mol. The Morgan fingerprint density at radius 3 is 3.21 bits per heavy atom. The SMILES string of the molecule is CCOc1ccc(Cl)cc1CCNC(=O)[C@H]1CCc2cn[nH]c2C1. The molecule has 2 N–H and O–H groups in total. The molecule has 1 atom stereocenters. The van der Waals surface area contributed by atoms with Crippen LogP contribution in [-0.2, 0) is 24.1 Å². The first kappa shape index (κ1) is 16.8. The van der Waals surface area contributed by atoms with Crippen molar-refractivity contribution in [3.63, 3.8) is 0 Å². The van der Waals surface area contributed by atoms with Crippen LogP contribution in [0.15, 0.2) is 24.4 Å². The Bertz CT molecular complexity index is 714. The van der Waals surface area contributed by atoms with E-state index in [9.17, 15) is 4.79 Å². The van der Waals surface area contributed by atoms with Gasteiger partial charge in [0.05, 0.1) is 12.8 Å². The first-order chi connectivity index (χ1) is 11.7. The van der Waals surface area contributed by atoms with Crippen molar-refractivity contribution < 1.29 is 9.53 Å². The normalized spacial score (nSPS) is 16.5. The molecule has 0 saturated carbocycles. The zero-order valence-electron chi connectivity index (χ0n) is 13.8. The second-order valence-electron chi connectivity index (χ2n) is 6.04. The van der Waals surface area contributed by atoms with Crippen LogP contribution in [-0.4, -0.2) is 29.3 Å². The second kappa shape index (κ2) is 7.71. The molecule has 3 rings (SSSR count). The van der Waals surface area contributed by atoms with Gasteiger partial charge in [-0.05, 0) is 55.5 Å². The summed E-state index contributed by atoms with van der Waals surface area (Å²) in [6.45, 7) is 3.13. The number of benzene rings is 1. The minimum atomic E-state index is 0.0173. The van der Waals surface area contributed by atoms with E-state index in [-0.39, 0.29) is 11.8 Å². The third kappa shape index (κ3) is 3.90. The Kier molecular flexibility index (Phi) is 5.41. The number of halogens is 1. The number of aryl methyl sites for hydroxylation is 1. The fraction of sp³-hybridized carbons (Fsp3) is 0.444. The van der Waals surface area contributed by atoms with Crippen molar-refractivity contribution in [1.29, 1.82) is 0 Å². The fourth-order valence-corrected chi connectivity index (χ4v) is 3.33. The third-order valence-corrected chi connectivity index (χ3v) is 4.64. The number of aromatic amines is 1. The summed E-state index contributed by atoms with van der Waals surface area (Å²) in [6, 6.07) is 5.60. The number of carbonyl (C=O) groups is 1. The van der Waals surface area contributed by atoms with Crippen LogP contribution < -0.4 is 10.1 Å². The number of nitrogens with one attached hydrogen (secondary N) is 2. The Morgan fingerprint density at radius 1 is 1.50 bits per heavy atom. The van der Waals surface area contributed by atoms with Gasteiger partial charge in [-0.1, -0.05) is 11.6 Å². The summed E-state index contributed by atoms with van der Waals surface area (Å²) in [7, 11) is 0. The predicted molar refractivity (Wildman–Crippen MR) is 93.4 cm³/mol. The molecule has 1 aliphatic rings. The van der Waals surface area contributed by atoms with Gasteiger partial charge in [0, 0.05) is 29.6 Å². The van der Waals surface area contributed by atoms with Crippen molar-refractivity contribution in [2.45, 2.75) is 32.6 Å². The highest BCUT2D eigenvalue weighted by atomic mass is 35.5. The number of ether oxygens (including phenoxy) is 1. The number of hydrogen-bond acceptors (Lipinski definition) is 3. The summed E-state index contributed by atoms with van der Waals surface area (Å²) in [5.41, 5.74) is 3.35. The van der Waals surface area contributed by atoms with Gasteiger partial charge in [-0.2, -0.15) is 5.10 Å². The van der Waals surface area contributed by atoms with Gasteiger partial charge in [-0.25, -0.2) is 0 Å². The van der Waals surface area contributed by atoms with Crippen LogP contribution in [0.5, 0.6) is 5.75 Å². The molecule has 0 aliphatic heterocycles. The Morgan fingerprint density at radius 2 is 2.38 bits per heavy atom. The van der Waals surface area contributed by atoms with Gasteiger partial charge >= 0.3 is 0 Å². The van der Waals surface area contributed by atoms with E-state index in [4.69, 9.17) is 16.3 Å². The van der Waals surface area contributed by atoms with E-state index in [1.54, 1.807) is 0 Å². The number of nitrogens with zero attached hydrogens (tertiary/aromatic N) is 1. The Labute approximate surface area is 146 Å². The molecule has 1 aliphatic carbocycles. The van der Waals surface area contributed by atoms with Crippen molar-refractivity contribution in [2.24, 2.45) is 5.92 Å². The topological polar surface area (TPSA) is 67.0 Å². The summed E-state index contributed by atoms with van der Waals surface area (Å²) in [6.07, 6.45) is 5.08. The molecular formula is C18H22ClN3O2. The van der Waals surface area contributed by atoms with Crippen LogP contribution in [0.25, 0.3) is 0 Å². The molecule has 6 heteroatoms. The summed E-state index contributed by atoms with van der Waals surface area (Å²) in [5.74, 6) is 0.954. The molecule has 0 unspecified atom stereocenters. The van der Waals surface area contributed by atoms with E-state index in [0.717, 1.165) is 36.3 Å². The number of carbonyl (C=O) groups excluding carboxylic acids is 1. The summed E-state index contributed by atoms with van der Waals surface area (Å²) in [5, 5.41) is 10.8. The Hall–Kier alpha value is -2.01. The van der Waals surface area contributed by atoms with Crippen molar-refractivity contribution in [3.05, 3.63) is 46.2 Å². The molecule has 0 saturated heterocycles. The number of rotatable bonds is 6. The van der Waals surface area contributed by atoms with Crippen LogP contribution >= 0.6 is 11.6 Å². The van der Waals surface area contributed by atoms with Crippen LogP contribution in [0.2, 0.25) is 5.02 Å². The van der Waals surface area contributed by atoms with Gasteiger partial charge < -0.3 is 10.1 Å². The van der Waals surface area contributed by atoms with Crippen LogP contribution in [0.3, 0.4) is 0 Å². The maximum Gasteiger partial charge on any atom is 0.223 e. The van der Waals surface area contributed by atoms with E-state index >= 15 is 0 Å². The van der Waals surface area contributed by atoms with Crippen LogP contribution in [0.1, 0.15) is 30.2 Å². The highest BCUT2D eigenvalue weighted by Gasteiger charge is 2.25. The van der Waals surface area contributed by atoms with Crippen molar-refractivity contribution in [2.75, 3.05) is 13.2 Å². The molecule has 0 fully saturated rings. The molecule has 1 aromatic carbocycles. The number of hydrogen-bond donors (Lipinski definition) is 2. The maximum absolute atomic E-state index is 12.4. The van der Waals surface area contributed by atoms with Crippen molar-refractivity contribution >= 4 is 17.5 Å². The Balaban J connectivity index is 1.53. The first-order valence-electron chi connectivity index (χ1n) is 8.37. The number of amides is 1. The molecule has 2 aromatic rings. The second-order valence-corrected chi connectivity index (χ2v) is 6.48. The zero-order chi connectivity index (χ0) is 16.9. The zero-order valence-corrected chi connectivity index (χ0v) is 14.5. The molecule has 128 valence electrons. The fourth-order valence-electron chi connectivity index (χ4n) is 3.14. The summed E-state index contributed by atoms with van der Waals surface area (Å²) < 4.78 is 5.61. The van der Waals surface area contributed by atoms with Gasteiger partial charge in [0.15, 0.2) is 0 Å². The molecule has 1 aromatic heterocycles. The standard InChI is InChI=1S/C18H22ClN3O2/c1-2-24-17-6-5-15(19)9-12(17)7-8-20-18(23)13-3-4-14-11-21-22-16(14)10-13/h5-6,9,11,13H,2-4,7-8,10H2,1H3,(H,20,23)(H,21,22)/t13-/m0/s1. The molecule has 0 radical (unpaired) electrons. The van der Waals surface area contributed by atoms with E-state index in [1.165, 1.54) is 5.56 Å². The average Bonchev–Trinajstić information content (AvgIpc) is 3.05. The summed E-state index contributed by atoms with van der Waals surface area (Å²) in [4.78, 5) is 12.4. The summed E-state index contributed by atoms with van der Waals surface area (Å²) >= 11 is 6.07. The lowest BCUT2D eigenvalue weighted by molar-refractivity contribution is -0.125. The first-order valence-corrected chi connectivity index (χ1v) is 8.75. The van der Waals surface area contributed by atoms with Gasteiger partial charge in [-0.3, -0.25) is 9.89 Å². The highest BCUT2D eigenvalue weighted by Crippen LogP contribution is 2.25. The molecule has 24 heavy (non-hydrogen) atoms. The lowest BCUT2D eigenvalue weighted by atomic mass is 9.87. The van der Waals surface area contributed by atoms with E-state index in [0.29, 0.717) is 24.6 Å². The quantitative estimate of drug-likeness (QED) is 0.844. The van der Waals surface area contributed by atoms with Crippen LogP contribution in [0.4, 0.5) is 0 Å². The lowest BCUT2D eigenvalue weighted by Gasteiger charge is -2.21. The third-order valence-electron chi connectivity index (χ3n) is 4.41. The van der Waals surface area contributed by atoms with Crippen LogP contribution in [0, 0.1) is 5.92 Å². The molecule has 5 nitrogen and oxygen atoms in total. The number of fused-ring (bicyclic) bond motifs is 1. The number of H-pyrrole nitrogens is 1. The average molecular weight is 348 g/mol.